The Balaban J connectivity index is 2.20. The third kappa shape index (κ3) is 3.18. The van der Waals surface area contributed by atoms with Gasteiger partial charge >= 0.3 is 0 Å². The van der Waals surface area contributed by atoms with Crippen LogP contribution in [-0.2, 0) is 0 Å². The highest BCUT2D eigenvalue weighted by Crippen LogP contribution is 2.19. The van der Waals surface area contributed by atoms with Crippen molar-refractivity contribution >= 4 is 22.6 Å². The molecule has 0 amide bonds. The number of aryl methyl sites for hydroxylation is 2. The molecule has 5 heteroatoms. The molecule has 0 aliphatic carbocycles. The van der Waals surface area contributed by atoms with Crippen molar-refractivity contribution in [2.24, 2.45) is 0 Å². The number of nitrogens with zero attached hydrogens (tertiary/aromatic N) is 2. The number of allylic oxidation sites excluding steroid dienone is 1. The Hall–Kier alpha value is -2.19. The number of thiazole rings is 1. The lowest BCUT2D eigenvalue weighted by atomic mass is 10.2. The minimum Gasteiger partial charge on any atom is -0.360 e. The summed E-state index contributed by atoms with van der Waals surface area (Å²) in [6.45, 7) is 3.58. The molecule has 0 atom stereocenters. The van der Waals surface area contributed by atoms with Crippen molar-refractivity contribution in [3.63, 3.8) is 0 Å². The van der Waals surface area contributed by atoms with E-state index in [2.05, 4.69) is 16.4 Å². The van der Waals surface area contributed by atoms with E-state index in [1.807, 2.05) is 12.3 Å². The summed E-state index contributed by atoms with van der Waals surface area (Å²) < 4.78 is 13.4. The van der Waals surface area contributed by atoms with Gasteiger partial charge in [0, 0.05) is 23.0 Å². The third-order valence-electron chi connectivity index (χ3n) is 2.52. The number of nitrogens with one attached hydrogen (secondary N) is 1. The number of hydrogen-bond donors (Lipinski definition) is 1. The first-order valence-electron chi connectivity index (χ1n) is 5.65. The Labute approximate surface area is 115 Å². The van der Waals surface area contributed by atoms with Crippen molar-refractivity contribution in [2.75, 3.05) is 5.32 Å². The van der Waals surface area contributed by atoms with Crippen molar-refractivity contribution in [1.29, 1.82) is 5.26 Å². The molecule has 96 valence electrons. The lowest BCUT2D eigenvalue weighted by Crippen LogP contribution is -1.92. The normalized spacial score (nSPS) is 11.2. The number of halogens is 1. The molecular formula is C14H12FN3S. The molecule has 1 N–H and O–H groups in total. The highest BCUT2D eigenvalue weighted by molar-refractivity contribution is 7.10. The van der Waals surface area contributed by atoms with E-state index in [0.29, 0.717) is 21.8 Å². The van der Waals surface area contributed by atoms with Crippen molar-refractivity contribution < 1.29 is 4.39 Å². The van der Waals surface area contributed by atoms with Gasteiger partial charge in [0.1, 0.15) is 22.5 Å². The number of nitriles is 1. The van der Waals surface area contributed by atoms with Gasteiger partial charge in [-0.2, -0.15) is 5.26 Å². The van der Waals surface area contributed by atoms with E-state index in [1.165, 1.54) is 17.4 Å². The van der Waals surface area contributed by atoms with Crippen LogP contribution in [0.4, 0.5) is 10.1 Å². The van der Waals surface area contributed by atoms with E-state index in [-0.39, 0.29) is 5.82 Å². The highest BCUT2D eigenvalue weighted by atomic mass is 32.1. The van der Waals surface area contributed by atoms with E-state index >= 15 is 0 Å². The van der Waals surface area contributed by atoms with Gasteiger partial charge in [0.25, 0.3) is 0 Å². The van der Waals surface area contributed by atoms with Crippen molar-refractivity contribution in [3.8, 4) is 6.07 Å². The number of hydrogen-bond acceptors (Lipinski definition) is 4. The van der Waals surface area contributed by atoms with Crippen LogP contribution in [0, 0.1) is 31.0 Å². The van der Waals surface area contributed by atoms with Gasteiger partial charge in [0.15, 0.2) is 0 Å². The molecule has 0 spiro atoms. The second-order valence-electron chi connectivity index (χ2n) is 4.07. The second-order valence-corrected chi connectivity index (χ2v) is 4.93. The molecule has 0 saturated heterocycles. The Kier molecular flexibility index (Phi) is 3.93. The number of rotatable bonds is 3. The lowest BCUT2D eigenvalue weighted by molar-refractivity contribution is 0.619. The predicted octanol–water partition coefficient (Wildman–Crippen LogP) is 3.88. The van der Waals surface area contributed by atoms with E-state index in [0.717, 1.165) is 5.69 Å². The molecular weight excluding hydrogens is 261 g/mol. The number of benzene rings is 1. The van der Waals surface area contributed by atoms with Gasteiger partial charge < -0.3 is 5.32 Å². The molecule has 0 fully saturated rings. The van der Waals surface area contributed by atoms with Gasteiger partial charge in [0.2, 0.25) is 0 Å². The number of anilines is 1. The summed E-state index contributed by atoms with van der Waals surface area (Å²) in [5.74, 6) is -0.276. The average molecular weight is 273 g/mol. The molecule has 0 bridgehead atoms. The van der Waals surface area contributed by atoms with Gasteiger partial charge in [-0.25, -0.2) is 9.37 Å². The smallest absolute Gasteiger partial charge is 0.135 e. The molecule has 0 unspecified atom stereocenters. The maximum Gasteiger partial charge on any atom is 0.135 e. The summed E-state index contributed by atoms with van der Waals surface area (Å²) in [7, 11) is 0. The predicted molar refractivity (Wildman–Crippen MR) is 75.2 cm³/mol. The average Bonchev–Trinajstić information content (AvgIpc) is 2.81. The Morgan fingerprint density at radius 2 is 2.26 bits per heavy atom. The van der Waals surface area contributed by atoms with Crippen molar-refractivity contribution in [1.82, 2.24) is 4.98 Å². The van der Waals surface area contributed by atoms with Crippen LogP contribution in [0.1, 0.15) is 16.3 Å². The van der Waals surface area contributed by atoms with E-state index in [4.69, 9.17) is 5.26 Å². The molecule has 2 aromatic rings. The van der Waals surface area contributed by atoms with Crippen molar-refractivity contribution in [3.05, 3.63) is 51.9 Å². The molecule has 0 aliphatic heterocycles. The summed E-state index contributed by atoms with van der Waals surface area (Å²) in [4.78, 5) is 4.24. The van der Waals surface area contributed by atoms with Crippen LogP contribution in [-0.4, -0.2) is 4.98 Å². The van der Waals surface area contributed by atoms with Crippen LogP contribution in [0.5, 0.6) is 0 Å². The zero-order valence-electron chi connectivity index (χ0n) is 10.6. The lowest BCUT2D eigenvalue weighted by Gasteiger charge is -2.03. The molecule has 1 aromatic heterocycles. The molecule has 1 heterocycles. The van der Waals surface area contributed by atoms with Gasteiger partial charge in [-0.15, -0.1) is 11.3 Å². The molecule has 0 saturated carbocycles. The largest absolute Gasteiger partial charge is 0.360 e. The van der Waals surface area contributed by atoms with Crippen LogP contribution in [0.15, 0.2) is 29.8 Å². The minimum absolute atomic E-state index is 0.276. The maximum atomic E-state index is 13.4. The topological polar surface area (TPSA) is 48.7 Å². The van der Waals surface area contributed by atoms with Gasteiger partial charge in [0.05, 0.1) is 0 Å². The minimum atomic E-state index is -0.276. The Morgan fingerprint density at radius 1 is 1.47 bits per heavy atom. The molecule has 0 radical (unpaired) electrons. The molecule has 19 heavy (non-hydrogen) atoms. The van der Waals surface area contributed by atoms with Crippen LogP contribution in [0.25, 0.3) is 5.57 Å². The third-order valence-corrected chi connectivity index (χ3v) is 3.52. The quantitative estimate of drug-likeness (QED) is 0.863. The highest BCUT2D eigenvalue weighted by Gasteiger charge is 2.05. The van der Waals surface area contributed by atoms with Crippen LogP contribution >= 0.6 is 11.3 Å². The van der Waals surface area contributed by atoms with Crippen LogP contribution in [0.2, 0.25) is 0 Å². The first-order chi connectivity index (χ1) is 9.10. The fourth-order valence-corrected chi connectivity index (χ4v) is 2.22. The summed E-state index contributed by atoms with van der Waals surface area (Å²) in [6.07, 6.45) is 1.54. The van der Waals surface area contributed by atoms with E-state index in [9.17, 15) is 4.39 Å². The maximum absolute atomic E-state index is 13.4. The molecule has 2 rings (SSSR count). The second kappa shape index (κ2) is 5.63. The van der Waals surface area contributed by atoms with E-state index in [1.54, 1.807) is 25.3 Å². The summed E-state index contributed by atoms with van der Waals surface area (Å²) in [5.41, 5.74) is 2.50. The van der Waals surface area contributed by atoms with Gasteiger partial charge in [-0.05, 0) is 31.5 Å². The zero-order chi connectivity index (χ0) is 13.8. The SMILES string of the molecule is Cc1csc(/C(C#N)=C/Nc2ccc(C)c(F)c2)n1. The summed E-state index contributed by atoms with van der Waals surface area (Å²) >= 11 is 1.41. The Bertz CT molecular complexity index is 668. The molecule has 3 nitrogen and oxygen atoms in total. The van der Waals surface area contributed by atoms with Crippen molar-refractivity contribution in [2.45, 2.75) is 13.8 Å². The summed E-state index contributed by atoms with van der Waals surface area (Å²) in [6, 6.07) is 6.92. The number of aromatic nitrogens is 1. The molecule has 1 aromatic carbocycles. The fourth-order valence-electron chi connectivity index (χ4n) is 1.46. The first kappa shape index (κ1) is 13.2. The standard InChI is InChI=1S/C14H12FN3S/c1-9-3-4-12(5-13(9)15)17-7-11(6-16)14-18-10(2)8-19-14/h3-5,7-8,17H,1-2H3/b11-7+. The fraction of sp³-hybridized carbons (Fsp3) is 0.143. The van der Waals surface area contributed by atoms with Gasteiger partial charge in [-0.1, -0.05) is 6.07 Å². The molecule has 0 aliphatic rings. The van der Waals surface area contributed by atoms with Crippen LogP contribution in [0.3, 0.4) is 0 Å². The first-order valence-corrected chi connectivity index (χ1v) is 6.53. The Morgan fingerprint density at radius 3 is 2.84 bits per heavy atom. The van der Waals surface area contributed by atoms with Crippen LogP contribution < -0.4 is 5.32 Å². The van der Waals surface area contributed by atoms with Gasteiger partial charge in [-0.3, -0.25) is 0 Å². The zero-order valence-corrected chi connectivity index (χ0v) is 11.4. The monoisotopic (exact) mass is 273 g/mol. The summed E-state index contributed by atoms with van der Waals surface area (Å²) in [5, 5.41) is 14.5. The van der Waals surface area contributed by atoms with E-state index < -0.39 is 0 Å².